The third kappa shape index (κ3) is 4.76. The van der Waals surface area contributed by atoms with E-state index in [0.29, 0.717) is 5.56 Å². The smallest absolute Gasteiger partial charge is 0.341 e. The van der Waals surface area contributed by atoms with Crippen LogP contribution in [0.1, 0.15) is 36.2 Å². The van der Waals surface area contributed by atoms with Crippen LogP contribution in [0.15, 0.2) is 60.8 Å². The molecule has 0 saturated heterocycles. The van der Waals surface area contributed by atoms with Crippen LogP contribution in [0.4, 0.5) is 0 Å². The minimum atomic E-state index is -0.856. The molecular weight excluding hydrogens is 340 g/mol. The van der Waals surface area contributed by atoms with E-state index in [1.54, 1.807) is 13.1 Å². The van der Waals surface area contributed by atoms with Crippen LogP contribution in [0.25, 0.3) is 10.9 Å². The van der Waals surface area contributed by atoms with Crippen LogP contribution in [0.5, 0.6) is 0 Å². The van der Waals surface area contributed by atoms with Gasteiger partial charge in [-0.05, 0) is 38.3 Å². The molecule has 0 unspecified atom stereocenters. The highest BCUT2D eigenvalue weighted by molar-refractivity contribution is 6.04. The number of carbonyl (C=O) groups is 2. The van der Waals surface area contributed by atoms with Crippen molar-refractivity contribution in [3.05, 3.63) is 71.9 Å². The number of esters is 1. The molecule has 0 aliphatic rings. The predicted octanol–water partition coefficient (Wildman–Crippen LogP) is 3.85. The summed E-state index contributed by atoms with van der Waals surface area (Å²) in [7, 11) is 0. The molecule has 2 aromatic carbocycles. The van der Waals surface area contributed by atoms with Crippen LogP contribution in [0.3, 0.4) is 0 Å². The highest BCUT2D eigenvalue weighted by atomic mass is 16.5. The quantitative estimate of drug-likeness (QED) is 0.626. The van der Waals surface area contributed by atoms with Gasteiger partial charge in [0.2, 0.25) is 0 Å². The third-order valence-electron chi connectivity index (χ3n) is 4.56. The van der Waals surface area contributed by atoms with Crippen molar-refractivity contribution in [2.75, 3.05) is 0 Å². The van der Waals surface area contributed by atoms with Gasteiger partial charge in [0.25, 0.3) is 5.91 Å². The summed E-state index contributed by atoms with van der Waals surface area (Å²) in [6.07, 6.45) is 2.45. The van der Waals surface area contributed by atoms with Crippen LogP contribution in [-0.2, 0) is 16.0 Å². The Hall–Kier alpha value is -3.08. The van der Waals surface area contributed by atoms with Crippen molar-refractivity contribution in [3.63, 3.8) is 0 Å². The summed E-state index contributed by atoms with van der Waals surface area (Å²) in [5.41, 5.74) is 2.52. The second kappa shape index (κ2) is 8.54. The monoisotopic (exact) mass is 364 g/mol. The largest absolute Gasteiger partial charge is 0.449 e. The Kier molecular flexibility index (Phi) is 5.91. The molecule has 3 rings (SSSR count). The maximum Gasteiger partial charge on any atom is 0.341 e. The first-order chi connectivity index (χ1) is 13.0. The maximum absolute atomic E-state index is 12.4. The third-order valence-corrected chi connectivity index (χ3v) is 4.56. The molecule has 140 valence electrons. The Morgan fingerprint density at radius 1 is 1.04 bits per heavy atom. The van der Waals surface area contributed by atoms with Crippen LogP contribution < -0.4 is 5.32 Å². The van der Waals surface area contributed by atoms with E-state index in [2.05, 4.69) is 22.4 Å². The van der Waals surface area contributed by atoms with Crippen molar-refractivity contribution >= 4 is 22.8 Å². The molecule has 0 spiro atoms. The Labute approximate surface area is 158 Å². The first-order valence-electron chi connectivity index (χ1n) is 9.16. The molecule has 0 aliphatic heterocycles. The molecule has 3 aromatic rings. The van der Waals surface area contributed by atoms with Crippen molar-refractivity contribution in [3.8, 4) is 0 Å². The van der Waals surface area contributed by atoms with E-state index in [-0.39, 0.29) is 11.9 Å². The molecule has 0 radical (unpaired) electrons. The lowest BCUT2D eigenvalue weighted by molar-refractivity contribution is -0.129. The molecule has 2 N–H and O–H groups in total. The zero-order valence-electron chi connectivity index (χ0n) is 15.6. The average molecular weight is 364 g/mol. The van der Waals surface area contributed by atoms with E-state index >= 15 is 0 Å². The van der Waals surface area contributed by atoms with E-state index in [4.69, 9.17) is 4.74 Å². The van der Waals surface area contributed by atoms with Crippen molar-refractivity contribution < 1.29 is 14.3 Å². The molecule has 1 aromatic heterocycles. The zero-order chi connectivity index (χ0) is 19.2. The summed E-state index contributed by atoms with van der Waals surface area (Å²) in [6.45, 7) is 3.54. The van der Waals surface area contributed by atoms with Crippen LogP contribution in [-0.4, -0.2) is 29.0 Å². The number of aromatic amines is 1. The first-order valence-corrected chi connectivity index (χ1v) is 9.16. The second-order valence-electron chi connectivity index (χ2n) is 6.73. The number of fused-ring (bicyclic) bond motifs is 1. The number of benzene rings is 2. The summed E-state index contributed by atoms with van der Waals surface area (Å²) in [5, 5.41) is 3.70. The SMILES string of the molecule is C[C@H](CCc1ccccc1)NC(=O)[C@H](C)OC(=O)c1c[nH]c2ccccc12. The van der Waals surface area contributed by atoms with Gasteiger partial charge in [-0.3, -0.25) is 4.79 Å². The van der Waals surface area contributed by atoms with Gasteiger partial charge in [0, 0.05) is 23.1 Å². The van der Waals surface area contributed by atoms with Gasteiger partial charge in [-0.25, -0.2) is 4.79 Å². The van der Waals surface area contributed by atoms with Gasteiger partial charge in [-0.1, -0.05) is 48.5 Å². The van der Waals surface area contributed by atoms with E-state index in [1.807, 2.05) is 49.4 Å². The number of aryl methyl sites for hydroxylation is 1. The van der Waals surface area contributed by atoms with Gasteiger partial charge in [-0.2, -0.15) is 0 Å². The molecule has 27 heavy (non-hydrogen) atoms. The van der Waals surface area contributed by atoms with Crippen LogP contribution in [0, 0.1) is 0 Å². The molecule has 1 heterocycles. The molecule has 0 aliphatic carbocycles. The molecule has 5 nitrogen and oxygen atoms in total. The molecule has 2 atom stereocenters. The number of H-pyrrole nitrogens is 1. The summed E-state index contributed by atoms with van der Waals surface area (Å²) in [6, 6.07) is 17.6. The van der Waals surface area contributed by atoms with Gasteiger partial charge < -0.3 is 15.0 Å². The normalized spacial score (nSPS) is 13.1. The average Bonchev–Trinajstić information content (AvgIpc) is 3.11. The molecule has 1 amide bonds. The Morgan fingerprint density at radius 3 is 2.52 bits per heavy atom. The fourth-order valence-electron chi connectivity index (χ4n) is 2.98. The maximum atomic E-state index is 12.4. The number of para-hydroxylation sites is 1. The number of hydrogen-bond donors (Lipinski definition) is 2. The van der Waals surface area contributed by atoms with Gasteiger partial charge in [0.15, 0.2) is 6.10 Å². The Bertz CT molecular complexity index is 917. The lowest BCUT2D eigenvalue weighted by Crippen LogP contribution is -2.41. The fourth-order valence-corrected chi connectivity index (χ4v) is 2.98. The molecule has 0 saturated carbocycles. The topological polar surface area (TPSA) is 71.2 Å². The van der Waals surface area contributed by atoms with Crippen LogP contribution >= 0.6 is 0 Å². The standard InChI is InChI=1S/C22H24N2O3/c1-15(12-13-17-8-4-3-5-9-17)24-21(25)16(2)27-22(26)19-14-23-20-11-7-6-10-18(19)20/h3-11,14-16,23H,12-13H2,1-2H3,(H,24,25)/t15-,16+/m1/s1. The van der Waals surface area contributed by atoms with E-state index in [0.717, 1.165) is 23.7 Å². The van der Waals surface area contributed by atoms with Crippen molar-refractivity contribution in [1.82, 2.24) is 10.3 Å². The van der Waals surface area contributed by atoms with E-state index in [9.17, 15) is 9.59 Å². The van der Waals surface area contributed by atoms with Crippen LogP contribution in [0.2, 0.25) is 0 Å². The Balaban J connectivity index is 1.51. The van der Waals surface area contributed by atoms with Gasteiger partial charge >= 0.3 is 5.97 Å². The highest BCUT2D eigenvalue weighted by Crippen LogP contribution is 2.19. The number of rotatable bonds is 7. The number of ether oxygens (including phenoxy) is 1. The number of aromatic nitrogens is 1. The number of nitrogens with one attached hydrogen (secondary N) is 2. The predicted molar refractivity (Wildman–Crippen MR) is 106 cm³/mol. The summed E-state index contributed by atoms with van der Waals surface area (Å²) >= 11 is 0. The van der Waals surface area contributed by atoms with Gasteiger partial charge in [0.1, 0.15) is 0 Å². The number of amides is 1. The number of hydrogen-bond acceptors (Lipinski definition) is 3. The van der Waals surface area contributed by atoms with Gasteiger partial charge in [0.05, 0.1) is 5.56 Å². The summed E-state index contributed by atoms with van der Waals surface area (Å²) in [4.78, 5) is 27.8. The van der Waals surface area contributed by atoms with E-state index < -0.39 is 12.1 Å². The lowest BCUT2D eigenvalue weighted by Gasteiger charge is -2.18. The van der Waals surface area contributed by atoms with E-state index in [1.165, 1.54) is 5.56 Å². The van der Waals surface area contributed by atoms with Crippen molar-refractivity contribution in [2.24, 2.45) is 0 Å². The van der Waals surface area contributed by atoms with Gasteiger partial charge in [-0.15, -0.1) is 0 Å². The minimum absolute atomic E-state index is 0.00746. The lowest BCUT2D eigenvalue weighted by atomic mass is 10.1. The highest BCUT2D eigenvalue weighted by Gasteiger charge is 2.22. The molecule has 0 fully saturated rings. The fraction of sp³-hybridized carbons (Fsp3) is 0.273. The second-order valence-corrected chi connectivity index (χ2v) is 6.73. The molecule has 0 bridgehead atoms. The van der Waals surface area contributed by atoms with Crippen molar-refractivity contribution in [2.45, 2.75) is 38.8 Å². The van der Waals surface area contributed by atoms with Crippen molar-refractivity contribution in [1.29, 1.82) is 0 Å². The Morgan fingerprint density at radius 2 is 1.74 bits per heavy atom. The minimum Gasteiger partial charge on any atom is -0.449 e. The first kappa shape index (κ1) is 18.7. The molecule has 5 heteroatoms. The zero-order valence-corrected chi connectivity index (χ0v) is 15.6. The summed E-state index contributed by atoms with van der Waals surface area (Å²) < 4.78 is 5.36. The molecular formula is C22H24N2O3. The number of carbonyl (C=O) groups excluding carboxylic acids is 2. The summed E-state index contributed by atoms with van der Waals surface area (Å²) in [5.74, 6) is -0.796.